The number of aromatic nitrogens is 2. The molecule has 0 amide bonds. The first-order valence-electron chi connectivity index (χ1n) is 5.41. The highest BCUT2D eigenvalue weighted by atomic mass is 19.1. The van der Waals surface area contributed by atoms with E-state index in [1.807, 2.05) is 6.92 Å². The van der Waals surface area contributed by atoms with E-state index in [1.165, 1.54) is 6.07 Å². The van der Waals surface area contributed by atoms with E-state index in [-0.39, 0.29) is 11.6 Å². The molecule has 0 saturated heterocycles. The molecular weight excluding hydrogens is 221 g/mol. The second-order valence-electron chi connectivity index (χ2n) is 3.55. The first kappa shape index (κ1) is 11.6. The zero-order chi connectivity index (χ0) is 12.3. The summed E-state index contributed by atoms with van der Waals surface area (Å²) in [5, 5.41) is 6.71. The molecule has 4 nitrogen and oxygen atoms in total. The molecular formula is C12H14FN3O. The lowest BCUT2D eigenvalue weighted by Gasteiger charge is -2.06. The maximum Gasteiger partial charge on any atom is 0.165 e. The largest absolute Gasteiger partial charge is 0.491 e. The van der Waals surface area contributed by atoms with E-state index in [4.69, 9.17) is 10.5 Å². The van der Waals surface area contributed by atoms with Crippen molar-refractivity contribution in [3.8, 4) is 17.0 Å². The van der Waals surface area contributed by atoms with Gasteiger partial charge in [0.2, 0.25) is 0 Å². The van der Waals surface area contributed by atoms with Crippen molar-refractivity contribution in [2.24, 2.45) is 5.73 Å². The van der Waals surface area contributed by atoms with Gasteiger partial charge in [0, 0.05) is 17.7 Å². The zero-order valence-electron chi connectivity index (χ0n) is 9.53. The minimum atomic E-state index is -0.387. The molecule has 17 heavy (non-hydrogen) atoms. The molecule has 1 heterocycles. The summed E-state index contributed by atoms with van der Waals surface area (Å²) in [4.78, 5) is 0. The number of halogens is 1. The number of benzene rings is 1. The maximum absolute atomic E-state index is 13.7. The lowest BCUT2D eigenvalue weighted by Crippen LogP contribution is -1.98. The van der Waals surface area contributed by atoms with Crippen LogP contribution in [0.2, 0.25) is 0 Å². The van der Waals surface area contributed by atoms with Crippen LogP contribution >= 0.6 is 0 Å². The summed E-state index contributed by atoms with van der Waals surface area (Å²) >= 11 is 0. The standard InChI is InChI=1S/C12H14FN3O/c1-2-17-11-4-3-8(5-10(11)13)12-9(6-14)7-15-16-12/h3-5,7H,2,6,14H2,1H3,(H,15,16). The Balaban J connectivity index is 2.37. The fourth-order valence-corrected chi connectivity index (χ4v) is 1.64. The van der Waals surface area contributed by atoms with E-state index in [2.05, 4.69) is 10.2 Å². The summed E-state index contributed by atoms with van der Waals surface area (Å²) in [6, 6.07) is 4.80. The van der Waals surface area contributed by atoms with E-state index in [9.17, 15) is 4.39 Å². The number of ether oxygens (including phenoxy) is 1. The number of hydrogen-bond donors (Lipinski definition) is 2. The van der Waals surface area contributed by atoms with Crippen molar-refractivity contribution in [1.29, 1.82) is 0 Å². The Bertz CT molecular complexity index is 510. The fraction of sp³-hybridized carbons (Fsp3) is 0.250. The number of aromatic amines is 1. The van der Waals surface area contributed by atoms with Crippen LogP contribution < -0.4 is 10.5 Å². The molecule has 0 aliphatic rings. The van der Waals surface area contributed by atoms with Crippen molar-refractivity contribution in [1.82, 2.24) is 10.2 Å². The third-order valence-corrected chi connectivity index (χ3v) is 2.46. The maximum atomic E-state index is 13.7. The average Bonchev–Trinajstić information content (AvgIpc) is 2.80. The summed E-state index contributed by atoms with van der Waals surface area (Å²) < 4.78 is 18.8. The van der Waals surface area contributed by atoms with Crippen molar-refractivity contribution >= 4 is 0 Å². The van der Waals surface area contributed by atoms with Crippen LogP contribution in [0.5, 0.6) is 5.75 Å². The molecule has 0 spiro atoms. The number of rotatable bonds is 4. The predicted molar refractivity (Wildman–Crippen MR) is 63.0 cm³/mol. The zero-order valence-corrected chi connectivity index (χ0v) is 9.53. The molecule has 5 heteroatoms. The molecule has 2 rings (SSSR count). The minimum absolute atomic E-state index is 0.255. The number of hydrogen-bond acceptors (Lipinski definition) is 3. The number of H-pyrrole nitrogens is 1. The Hall–Kier alpha value is -1.88. The van der Waals surface area contributed by atoms with E-state index in [1.54, 1.807) is 18.3 Å². The van der Waals surface area contributed by atoms with Crippen LogP contribution in [0.4, 0.5) is 4.39 Å². The summed E-state index contributed by atoms with van der Waals surface area (Å²) in [5.41, 5.74) is 7.88. The molecule has 0 atom stereocenters. The van der Waals surface area contributed by atoms with Gasteiger partial charge in [0.05, 0.1) is 18.5 Å². The van der Waals surface area contributed by atoms with E-state index >= 15 is 0 Å². The van der Waals surface area contributed by atoms with Gasteiger partial charge in [0.15, 0.2) is 11.6 Å². The van der Waals surface area contributed by atoms with Crippen molar-refractivity contribution in [2.75, 3.05) is 6.61 Å². The average molecular weight is 235 g/mol. The van der Waals surface area contributed by atoms with Crippen LogP contribution in [0.25, 0.3) is 11.3 Å². The van der Waals surface area contributed by atoms with Gasteiger partial charge in [-0.15, -0.1) is 0 Å². The van der Waals surface area contributed by atoms with Crippen LogP contribution in [0.15, 0.2) is 24.4 Å². The van der Waals surface area contributed by atoms with Gasteiger partial charge < -0.3 is 10.5 Å². The Kier molecular flexibility index (Phi) is 3.39. The predicted octanol–water partition coefficient (Wildman–Crippen LogP) is 2.07. The van der Waals surface area contributed by atoms with Gasteiger partial charge in [-0.05, 0) is 25.1 Å². The van der Waals surface area contributed by atoms with Gasteiger partial charge in [-0.3, -0.25) is 5.10 Å². The van der Waals surface area contributed by atoms with Gasteiger partial charge >= 0.3 is 0 Å². The number of nitrogens with zero attached hydrogens (tertiary/aromatic N) is 1. The molecule has 1 aromatic carbocycles. The quantitative estimate of drug-likeness (QED) is 0.852. The van der Waals surface area contributed by atoms with Gasteiger partial charge in [0.25, 0.3) is 0 Å². The molecule has 2 aromatic rings. The highest BCUT2D eigenvalue weighted by Crippen LogP contribution is 2.26. The summed E-state index contributed by atoms with van der Waals surface area (Å²) in [6.45, 7) is 2.61. The van der Waals surface area contributed by atoms with Crippen molar-refractivity contribution in [3.63, 3.8) is 0 Å². The SMILES string of the molecule is CCOc1ccc(-c2[nH]ncc2CN)cc1F. The molecule has 0 fully saturated rings. The highest BCUT2D eigenvalue weighted by Gasteiger charge is 2.10. The lowest BCUT2D eigenvalue weighted by molar-refractivity contribution is 0.321. The first-order valence-corrected chi connectivity index (χ1v) is 5.41. The molecule has 0 saturated carbocycles. The molecule has 0 aliphatic heterocycles. The van der Waals surface area contributed by atoms with E-state index in [0.717, 1.165) is 11.3 Å². The minimum Gasteiger partial charge on any atom is -0.491 e. The van der Waals surface area contributed by atoms with Gasteiger partial charge in [0.1, 0.15) is 0 Å². The van der Waals surface area contributed by atoms with Crippen LogP contribution in [0, 0.1) is 5.82 Å². The fourth-order valence-electron chi connectivity index (χ4n) is 1.64. The van der Waals surface area contributed by atoms with Crippen LogP contribution in [0.3, 0.4) is 0 Å². The second-order valence-corrected chi connectivity index (χ2v) is 3.55. The number of nitrogens with one attached hydrogen (secondary N) is 1. The number of nitrogens with two attached hydrogens (primary N) is 1. The summed E-state index contributed by atoms with van der Waals surface area (Å²) in [5.74, 6) is -0.132. The van der Waals surface area contributed by atoms with Crippen LogP contribution in [-0.4, -0.2) is 16.8 Å². The normalized spacial score (nSPS) is 10.5. The van der Waals surface area contributed by atoms with Gasteiger partial charge in [-0.2, -0.15) is 5.10 Å². The Labute approximate surface area is 98.6 Å². The van der Waals surface area contributed by atoms with Crippen LogP contribution in [-0.2, 0) is 6.54 Å². The molecule has 0 bridgehead atoms. The van der Waals surface area contributed by atoms with Crippen LogP contribution in [0.1, 0.15) is 12.5 Å². The topological polar surface area (TPSA) is 63.9 Å². The Morgan fingerprint density at radius 3 is 2.94 bits per heavy atom. The molecule has 3 N–H and O–H groups in total. The molecule has 0 aliphatic carbocycles. The van der Waals surface area contributed by atoms with Crippen molar-refractivity contribution in [2.45, 2.75) is 13.5 Å². The van der Waals surface area contributed by atoms with Gasteiger partial charge in [-0.25, -0.2) is 4.39 Å². The van der Waals surface area contributed by atoms with Gasteiger partial charge in [-0.1, -0.05) is 0 Å². The third kappa shape index (κ3) is 2.29. The lowest BCUT2D eigenvalue weighted by atomic mass is 10.1. The Morgan fingerprint density at radius 1 is 1.47 bits per heavy atom. The first-order chi connectivity index (χ1) is 8.26. The smallest absolute Gasteiger partial charge is 0.165 e. The summed E-state index contributed by atoms with van der Waals surface area (Å²) in [7, 11) is 0. The monoisotopic (exact) mass is 235 g/mol. The van der Waals surface area contributed by atoms with E-state index in [0.29, 0.717) is 18.7 Å². The van der Waals surface area contributed by atoms with Crippen molar-refractivity contribution < 1.29 is 9.13 Å². The molecule has 0 unspecified atom stereocenters. The molecule has 0 radical (unpaired) electrons. The molecule has 90 valence electrons. The summed E-state index contributed by atoms with van der Waals surface area (Å²) in [6.07, 6.45) is 1.64. The van der Waals surface area contributed by atoms with Crippen molar-refractivity contribution in [3.05, 3.63) is 35.8 Å². The Morgan fingerprint density at radius 2 is 2.29 bits per heavy atom. The highest BCUT2D eigenvalue weighted by molar-refractivity contribution is 5.63. The third-order valence-electron chi connectivity index (χ3n) is 2.46. The second kappa shape index (κ2) is 4.97. The molecule has 1 aromatic heterocycles. The van der Waals surface area contributed by atoms with E-state index < -0.39 is 0 Å².